The van der Waals surface area contributed by atoms with E-state index < -0.39 is 0 Å². The second kappa shape index (κ2) is 6.35. The highest BCUT2D eigenvalue weighted by Gasteiger charge is 2.16. The SMILES string of the molecule is NNC(CCCC1CCCO1)c1cccs1. The van der Waals surface area contributed by atoms with Crippen molar-refractivity contribution in [3.8, 4) is 0 Å². The summed E-state index contributed by atoms with van der Waals surface area (Å²) in [5.74, 6) is 5.58. The lowest BCUT2D eigenvalue weighted by molar-refractivity contribution is 0.101. The first-order valence-corrected chi connectivity index (χ1v) is 6.89. The number of ether oxygens (including phenoxy) is 1. The summed E-state index contributed by atoms with van der Waals surface area (Å²) in [7, 11) is 0. The monoisotopic (exact) mass is 240 g/mol. The fourth-order valence-electron chi connectivity index (χ4n) is 2.22. The molecular formula is C12H20N2OS. The molecule has 0 spiro atoms. The molecule has 1 aromatic rings. The van der Waals surface area contributed by atoms with Gasteiger partial charge in [0.15, 0.2) is 0 Å². The normalized spacial score (nSPS) is 22.4. The first kappa shape index (κ1) is 12.0. The molecule has 0 bridgehead atoms. The molecule has 16 heavy (non-hydrogen) atoms. The topological polar surface area (TPSA) is 47.3 Å². The Morgan fingerprint density at radius 2 is 2.56 bits per heavy atom. The molecule has 1 aliphatic heterocycles. The summed E-state index contributed by atoms with van der Waals surface area (Å²) in [6, 6.07) is 4.52. The molecule has 1 saturated heterocycles. The zero-order chi connectivity index (χ0) is 11.2. The highest BCUT2D eigenvalue weighted by Crippen LogP contribution is 2.25. The van der Waals surface area contributed by atoms with Crippen LogP contribution < -0.4 is 11.3 Å². The van der Waals surface area contributed by atoms with Crippen LogP contribution in [0.4, 0.5) is 0 Å². The van der Waals surface area contributed by atoms with Crippen LogP contribution in [-0.2, 0) is 4.74 Å². The van der Waals surface area contributed by atoms with Crippen LogP contribution in [0.3, 0.4) is 0 Å². The summed E-state index contributed by atoms with van der Waals surface area (Å²) in [5.41, 5.74) is 2.90. The van der Waals surface area contributed by atoms with Gasteiger partial charge in [0.25, 0.3) is 0 Å². The number of rotatable bonds is 6. The van der Waals surface area contributed by atoms with Crippen LogP contribution in [0.2, 0.25) is 0 Å². The van der Waals surface area contributed by atoms with Crippen LogP contribution in [0.25, 0.3) is 0 Å². The summed E-state index contributed by atoms with van der Waals surface area (Å²) in [6.07, 6.45) is 6.41. The van der Waals surface area contributed by atoms with Gasteiger partial charge >= 0.3 is 0 Å². The van der Waals surface area contributed by atoms with Gasteiger partial charge in [0.2, 0.25) is 0 Å². The quantitative estimate of drug-likeness (QED) is 0.593. The lowest BCUT2D eigenvalue weighted by Crippen LogP contribution is -2.27. The average molecular weight is 240 g/mol. The molecular weight excluding hydrogens is 220 g/mol. The second-order valence-corrected chi connectivity index (χ2v) is 5.28. The summed E-state index contributed by atoms with van der Waals surface area (Å²) in [5, 5.41) is 2.10. The van der Waals surface area contributed by atoms with Gasteiger partial charge < -0.3 is 4.74 Å². The van der Waals surface area contributed by atoms with Gasteiger partial charge in [-0.3, -0.25) is 11.3 Å². The Balaban J connectivity index is 1.71. The largest absolute Gasteiger partial charge is 0.378 e. The smallest absolute Gasteiger partial charge is 0.0576 e. The molecule has 2 heterocycles. The second-order valence-electron chi connectivity index (χ2n) is 4.30. The number of nitrogens with two attached hydrogens (primary N) is 1. The van der Waals surface area contributed by atoms with E-state index in [0.717, 1.165) is 13.0 Å². The van der Waals surface area contributed by atoms with E-state index >= 15 is 0 Å². The van der Waals surface area contributed by atoms with Crippen molar-refractivity contribution in [2.45, 2.75) is 44.2 Å². The molecule has 2 atom stereocenters. The number of hydrogen-bond donors (Lipinski definition) is 2. The molecule has 1 aromatic heterocycles. The average Bonchev–Trinajstić information content (AvgIpc) is 2.96. The third kappa shape index (κ3) is 3.28. The van der Waals surface area contributed by atoms with Crippen molar-refractivity contribution in [1.29, 1.82) is 0 Å². The first-order valence-electron chi connectivity index (χ1n) is 6.01. The Bertz CT molecular complexity index is 283. The molecule has 1 fully saturated rings. The van der Waals surface area contributed by atoms with Crippen molar-refractivity contribution in [2.24, 2.45) is 5.84 Å². The van der Waals surface area contributed by atoms with Gasteiger partial charge in [0, 0.05) is 11.5 Å². The standard InChI is InChI=1S/C12H20N2OS/c13-14-11(12-7-3-9-16-12)6-1-4-10-5-2-8-15-10/h3,7,9-11,14H,1-2,4-6,8,13H2. The highest BCUT2D eigenvalue weighted by atomic mass is 32.1. The number of hydrazine groups is 1. The number of hydrogen-bond acceptors (Lipinski definition) is 4. The van der Waals surface area contributed by atoms with E-state index in [-0.39, 0.29) is 0 Å². The zero-order valence-electron chi connectivity index (χ0n) is 9.52. The van der Waals surface area contributed by atoms with Gasteiger partial charge in [-0.05, 0) is 43.6 Å². The minimum atomic E-state index is 0.307. The molecule has 0 radical (unpaired) electrons. The minimum absolute atomic E-state index is 0.307. The summed E-state index contributed by atoms with van der Waals surface area (Å²) in [6.45, 7) is 0.953. The summed E-state index contributed by atoms with van der Waals surface area (Å²) in [4.78, 5) is 1.33. The van der Waals surface area contributed by atoms with E-state index in [1.54, 1.807) is 11.3 Å². The van der Waals surface area contributed by atoms with Crippen LogP contribution in [0.5, 0.6) is 0 Å². The Labute approximate surface area is 101 Å². The van der Waals surface area contributed by atoms with Crippen LogP contribution >= 0.6 is 11.3 Å². The Morgan fingerprint density at radius 3 is 3.19 bits per heavy atom. The van der Waals surface area contributed by atoms with Crippen LogP contribution in [0, 0.1) is 0 Å². The van der Waals surface area contributed by atoms with Gasteiger partial charge in [-0.1, -0.05) is 6.07 Å². The van der Waals surface area contributed by atoms with Crippen LogP contribution in [0.1, 0.15) is 43.0 Å². The molecule has 1 aliphatic rings. The third-order valence-electron chi connectivity index (χ3n) is 3.13. The van der Waals surface area contributed by atoms with Crippen molar-refractivity contribution in [1.82, 2.24) is 5.43 Å². The fraction of sp³-hybridized carbons (Fsp3) is 0.667. The maximum absolute atomic E-state index is 5.61. The van der Waals surface area contributed by atoms with E-state index in [1.165, 1.54) is 30.6 Å². The molecule has 0 aromatic carbocycles. The van der Waals surface area contributed by atoms with Crippen molar-refractivity contribution in [3.05, 3.63) is 22.4 Å². The molecule has 3 nitrogen and oxygen atoms in total. The van der Waals surface area contributed by atoms with Gasteiger partial charge in [-0.15, -0.1) is 11.3 Å². The fourth-order valence-corrected chi connectivity index (χ4v) is 3.04. The molecule has 0 aliphatic carbocycles. The van der Waals surface area contributed by atoms with Crippen LogP contribution in [0.15, 0.2) is 17.5 Å². The van der Waals surface area contributed by atoms with Gasteiger partial charge in [0.05, 0.1) is 12.1 Å². The zero-order valence-corrected chi connectivity index (χ0v) is 10.3. The molecule has 4 heteroatoms. The Morgan fingerprint density at radius 1 is 1.62 bits per heavy atom. The summed E-state index contributed by atoms with van der Waals surface area (Å²) < 4.78 is 5.61. The van der Waals surface area contributed by atoms with Crippen molar-refractivity contribution in [3.63, 3.8) is 0 Å². The maximum Gasteiger partial charge on any atom is 0.0576 e. The van der Waals surface area contributed by atoms with Gasteiger partial charge in [-0.2, -0.15) is 0 Å². The molecule has 3 N–H and O–H groups in total. The molecule has 0 amide bonds. The lowest BCUT2D eigenvalue weighted by Gasteiger charge is -2.15. The van der Waals surface area contributed by atoms with E-state index in [2.05, 4.69) is 22.9 Å². The van der Waals surface area contributed by atoms with Gasteiger partial charge in [0.1, 0.15) is 0 Å². The summed E-state index contributed by atoms with van der Waals surface area (Å²) >= 11 is 1.76. The first-order chi connectivity index (χ1) is 7.90. The highest BCUT2D eigenvalue weighted by molar-refractivity contribution is 7.10. The van der Waals surface area contributed by atoms with Crippen LogP contribution in [-0.4, -0.2) is 12.7 Å². The molecule has 2 unspecified atom stereocenters. The Hall–Kier alpha value is -0.420. The maximum atomic E-state index is 5.61. The Kier molecular flexibility index (Phi) is 4.78. The van der Waals surface area contributed by atoms with E-state index in [1.807, 2.05) is 0 Å². The van der Waals surface area contributed by atoms with Crippen molar-refractivity contribution >= 4 is 11.3 Å². The van der Waals surface area contributed by atoms with E-state index in [0.29, 0.717) is 12.1 Å². The number of thiophene rings is 1. The van der Waals surface area contributed by atoms with Crippen molar-refractivity contribution in [2.75, 3.05) is 6.61 Å². The minimum Gasteiger partial charge on any atom is -0.378 e. The van der Waals surface area contributed by atoms with E-state index in [9.17, 15) is 0 Å². The van der Waals surface area contributed by atoms with E-state index in [4.69, 9.17) is 10.6 Å². The predicted octanol–water partition coefficient (Wildman–Crippen LogP) is 2.60. The molecule has 0 saturated carbocycles. The predicted molar refractivity (Wildman–Crippen MR) is 67.2 cm³/mol. The molecule has 2 rings (SSSR count). The third-order valence-corrected chi connectivity index (χ3v) is 4.12. The lowest BCUT2D eigenvalue weighted by atomic mass is 10.0. The van der Waals surface area contributed by atoms with Crippen molar-refractivity contribution < 1.29 is 4.74 Å². The molecule has 90 valence electrons. The van der Waals surface area contributed by atoms with Gasteiger partial charge in [-0.25, -0.2) is 0 Å². The number of nitrogens with one attached hydrogen (secondary N) is 1.